The van der Waals surface area contributed by atoms with E-state index in [1.165, 1.54) is 0 Å². The monoisotopic (exact) mass is 433 g/mol. The Kier molecular flexibility index (Phi) is 5.90. The van der Waals surface area contributed by atoms with Crippen LogP contribution in [0.15, 0.2) is 0 Å². The Balaban J connectivity index is 2.69. The molecule has 2 amide bonds. The first-order valence-corrected chi connectivity index (χ1v) is 7.27. The summed E-state index contributed by atoms with van der Waals surface area (Å²) in [5.74, 6) is -30.7. The highest BCUT2D eigenvalue weighted by Gasteiger charge is 2.37. The summed E-state index contributed by atoms with van der Waals surface area (Å²) in [5.41, 5.74) is -4.33. The molecule has 0 aliphatic carbocycles. The van der Waals surface area contributed by atoms with E-state index in [9.17, 15) is 53.5 Å². The van der Waals surface area contributed by atoms with Gasteiger partial charge in [0.1, 0.15) is 11.1 Å². The molecule has 0 spiro atoms. The maximum absolute atomic E-state index is 13.8. The molecule has 2 aromatic carbocycles. The number of carbonyl (C=O) groups is 2. The van der Waals surface area contributed by atoms with Crippen molar-refractivity contribution in [3.05, 3.63) is 69.3 Å². The molecule has 0 saturated carbocycles. The number of rotatable bonds is 3. The van der Waals surface area contributed by atoms with Crippen molar-refractivity contribution in [2.45, 2.75) is 6.92 Å². The zero-order valence-corrected chi connectivity index (χ0v) is 13.8. The van der Waals surface area contributed by atoms with Gasteiger partial charge in [-0.25, -0.2) is 43.9 Å². The molecule has 0 radical (unpaired) electrons. The van der Waals surface area contributed by atoms with E-state index < -0.39 is 92.6 Å². The first-order chi connectivity index (χ1) is 13.4. The van der Waals surface area contributed by atoms with Crippen molar-refractivity contribution < 1.29 is 53.5 Å². The Morgan fingerprint density at radius 1 is 0.517 bits per heavy atom. The van der Waals surface area contributed by atoms with Crippen LogP contribution in [0, 0.1) is 58.2 Å². The van der Waals surface area contributed by atoms with E-state index in [2.05, 4.69) is 0 Å². The van der Waals surface area contributed by atoms with Crippen molar-refractivity contribution >= 4 is 11.8 Å². The van der Waals surface area contributed by atoms with Gasteiger partial charge in [0.2, 0.25) is 11.6 Å². The highest BCUT2D eigenvalue weighted by Crippen LogP contribution is 2.27. The molecule has 13 heteroatoms. The number of hydrogen-bond acceptors (Lipinski definition) is 2. The minimum Gasteiger partial charge on any atom is -0.274 e. The summed E-state index contributed by atoms with van der Waals surface area (Å²) >= 11 is 0. The Morgan fingerprint density at radius 3 is 0.931 bits per heavy atom. The van der Waals surface area contributed by atoms with E-state index >= 15 is 0 Å². The summed E-state index contributed by atoms with van der Waals surface area (Å²) in [6.45, 7) is -0.148. The highest BCUT2D eigenvalue weighted by molar-refractivity contribution is 6.10. The summed E-state index contributed by atoms with van der Waals surface area (Å²) in [6, 6.07) is 0. The van der Waals surface area contributed by atoms with E-state index in [1.54, 1.807) is 0 Å². The fourth-order valence-corrected chi connectivity index (χ4v) is 2.23. The fourth-order valence-electron chi connectivity index (χ4n) is 2.23. The van der Waals surface area contributed by atoms with Crippen LogP contribution in [0.1, 0.15) is 27.6 Å². The van der Waals surface area contributed by atoms with Gasteiger partial charge in [0, 0.05) is 6.54 Å². The first-order valence-electron chi connectivity index (χ1n) is 7.27. The van der Waals surface area contributed by atoms with Crippen LogP contribution in [0.5, 0.6) is 0 Å². The smallest absolute Gasteiger partial charge is 0.266 e. The molecule has 0 aliphatic rings. The van der Waals surface area contributed by atoms with Crippen LogP contribution in [-0.4, -0.2) is 23.3 Å². The number of benzene rings is 2. The Hall–Kier alpha value is -3.12. The molecule has 0 saturated heterocycles. The molecule has 3 nitrogen and oxygen atoms in total. The third kappa shape index (κ3) is 3.29. The van der Waals surface area contributed by atoms with Gasteiger partial charge >= 0.3 is 0 Å². The summed E-state index contributed by atoms with van der Waals surface area (Å²) < 4.78 is 134. The lowest BCUT2D eigenvalue weighted by molar-refractivity contribution is 0.0610. The van der Waals surface area contributed by atoms with Crippen molar-refractivity contribution in [3.63, 3.8) is 0 Å². The highest BCUT2D eigenvalue weighted by atomic mass is 19.2. The quantitative estimate of drug-likeness (QED) is 0.312. The van der Waals surface area contributed by atoms with Crippen LogP contribution in [0.3, 0.4) is 0 Å². The largest absolute Gasteiger partial charge is 0.274 e. The van der Waals surface area contributed by atoms with Gasteiger partial charge in [-0.15, -0.1) is 0 Å². The van der Waals surface area contributed by atoms with Gasteiger partial charge in [-0.05, 0) is 6.92 Å². The summed E-state index contributed by atoms with van der Waals surface area (Å²) in [5, 5.41) is 0. The molecule has 0 N–H and O–H groups in total. The molecule has 29 heavy (non-hydrogen) atoms. The van der Waals surface area contributed by atoms with Gasteiger partial charge < -0.3 is 0 Å². The predicted octanol–water partition coefficient (Wildman–Crippen LogP) is 4.38. The SMILES string of the molecule is CCN(C(=O)c1c(F)c(F)c(F)c(F)c1F)C(=O)c1c(F)c(F)c(F)c(F)c1F. The van der Waals surface area contributed by atoms with Crippen LogP contribution >= 0.6 is 0 Å². The minimum atomic E-state index is -2.65. The number of imide groups is 1. The van der Waals surface area contributed by atoms with Crippen molar-refractivity contribution in [2.75, 3.05) is 6.54 Å². The molecular weight excluding hydrogens is 428 g/mol. The second kappa shape index (κ2) is 7.72. The molecule has 2 aromatic rings. The Morgan fingerprint density at radius 2 is 0.724 bits per heavy atom. The molecule has 0 heterocycles. The molecule has 0 aliphatic heterocycles. The maximum Gasteiger partial charge on any atom is 0.266 e. The van der Waals surface area contributed by atoms with Gasteiger partial charge in [0.05, 0.1) is 0 Å². The standard InChI is InChI=1S/C16H5F10NO2/c1-2-27(15(28)3-5(17)9(21)13(25)10(22)6(3)18)16(29)4-7(19)11(23)14(26)12(24)8(4)20/h2H2,1H3. The molecule has 0 atom stereocenters. The second-order valence-corrected chi connectivity index (χ2v) is 5.24. The number of halogens is 10. The first kappa shape index (κ1) is 22.2. The molecular formula is C16H5F10NO2. The third-order valence-corrected chi connectivity index (χ3v) is 3.65. The van der Waals surface area contributed by atoms with Crippen molar-refractivity contribution in [2.24, 2.45) is 0 Å². The number of hydrogen-bond donors (Lipinski definition) is 0. The summed E-state index contributed by atoms with van der Waals surface area (Å²) in [4.78, 5) is 23.9. The average molecular weight is 433 g/mol. The van der Waals surface area contributed by atoms with Gasteiger partial charge in [0.25, 0.3) is 11.8 Å². The maximum atomic E-state index is 13.8. The molecule has 0 fully saturated rings. The summed E-state index contributed by atoms with van der Waals surface area (Å²) in [7, 11) is 0. The van der Waals surface area contributed by atoms with E-state index in [0.29, 0.717) is 0 Å². The van der Waals surface area contributed by atoms with Crippen LogP contribution in [0.2, 0.25) is 0 Å². The third-order valence-electron chi connectivity index (χ3n) is 3.65. The van der Waals surface area contributed by atoms with Gasteiger partial charge in [-0.3, -0.25) is 14.5 Å². The van der Waals surface area contributed by atoms with E-state index in [4.69, 9.17) is 0 Å². The van der Waals surface area contributed by atoms with Crippen LogP contribution in [0.25, 0.3) is 0 Å². The normalized spacial score (nSPS) is 11.0. The van der Waals surface area contributed by atoms with Crippen LogP contribution < -0.4 is 0 Å². The lowest BCUT2D eigenvalue weighted by Crippen LogP contribution is -2.39. The van der Waals surface area contributed by atoms with Crippen molar-refractivity contribution in [1.82, 2.24) is 4.90 Å². The van der Waals surface area contributed by atoms with Crippen molar-refractivity contribution in [1.29, 1.82) is 0 Å². The van der Waals surface area contributed by atoms with Gasteiger partial charge in [-0.2, -0.15) is 0 Å². The molecule has 156 valence electrons. The molecule has 0 bridgehead atoms. The molecule has 0 aromatic heterocycles. The van der Waals surface area contributed by atoms with Gasteiger partial charge in [0.15, 0.2) is 46.5 Å². The predicted molar refractivity (Wildman–Crippen MR) is 73.5 cm³/mol. The van der Waals surface area contributed by atoms with E-state index in [-0.39, 0.29) is 0 Å². The topological polar surface area (TPSA) is 37.4 Å². The lowest BCUT2D eigenvalue weighted by atomic mass is 10.1. The Bertz CT molecular complexity index is 913. The van der Waals surface area contributed by atoms with Crippen LogP contribution in [-0.2, 0) is 0 Å². The van der Waals surface area contributed by atoms with Crippen molar-refractivity contribution in [3.8, 4) is 0 Å². The molecule has 2 rings (SSSR count). The molecule has 0 unspecified atom stereocenters. The van der Waals surface area contributed by atoms with E-state index in [0.717, 1.165) is 6.92 Å². The van der Waals surface area contributed by atoms with Gasteiger partial charge in [-0.1, -0.05) is 0 Å². The van der Waals surface area contributed by atoms with Crippen LogP contribution in [0.4, 0.5) is 43.9 Å². The zero-order valence-electron chi connectivity index (χ0n) is 13.8. The number of carbonyl (C=O) groups excluding carboxylic acids is 2. The minimum absolute atomic E-state index is 0.462. The average Bonchev–Trinajstić information content (AvgIpc) is 2.68. The zero-order chi connectivity index (χ0) is 22.4. The number of amides is 2. The van der Waals surface area contributed by atoms with E-state index in [1.807, 2.05) is 0 Å². The second-order valence-electron chi connectivity index (χ2n) is 5.24. The lowest BCUT2D eigenvalue weighted by Gasteiger charge is -2.21. The Labute approximate surface area is 154 Å². The summed E-state index contributed by atoms with van der Waals surface area (Å²) in [6.07, 6.45) is 0. The fraction of sp³-hybridized carbons (Fsp3) is 0.125. The number of nitrogens with zero attached hydrogens (tertiary/aromatic N) is 1.